The second-order valence-corrected chi connectivity index (χ2v) is 5.03. The summed E-state index contributed by atoms with van der Waals surface area (Å²) in [5.74, 6) is 0.618. The number of nitrogens with one attached hydrogen (secondary N) is 2. The molecular weight excluding hydrogens is 270 g/mol. The van der Waals surface area contributed by atoms with Crippen molar-refractivity contribution < 1.29 is 4.79 Å². The van der Waals surface area contributed by atoms with Crippen LogP contribution in [0.25, 0.3) is 0 Å². The van der Waals surface area contributed by atoms with Crippen molar-refractivity contribution in [3.8, 4) is 0 Å². The fourth-order valence-corrected chi connectivity index (χ4v) is 2.18. The van der Waals surface area contributed by atoms with Crippen molar-refractivity contribution in [1.29, 1.82) is 0 Å². The molecule has 2 aromatic rings. The molecule has 104 valence electrons. The molecule has 20 heavy (non-hydrogen) atoms. The molecule has 0 radical (unpaired) electrons. The van der Waals surface area contributed by atoms with Crippen molar-refractivity contribution >= 4 is 29.2 Å². The smallest absolute Gasteiger partial charge is 0.257 e. The molecule has 0 unspecified atom stereocenters. The Labute approximate surface area is 123 Å². The Morgan fingerprint density at radius 3 is 2.80 bits per heavy atom. The molecule has 0 saturated heterocycles. The number of pyridine rings is 1. The number of aromatic nitrogens is 1. The van der Waals surface area contributed by atoms with Gasteiger partial charge in [0.05, 0.1) is 5.56 Å². The Morgan fingerprint density at radius 1 is 1.30 bits per heavy atom. The third kappa shape index (κ3) is 3.74. The van der Waals surface area contributed by atoms with Crippen molar-refractivity contribution in [2.45, 2.75) is 11.8 Å². The Hall–Kier alpha value is -2.01. The predicted octanol–water partition coefficient (Wildman–Crippen LogP) is 3.49. The van der Waals surface area contributed by atoms with Crippen LogP contribution < -0.4 is 10.6 Å². The quantitative estimate of drug-likeness (QED) is 0.827. The first-order valence-corrected chi connectivity index (χ1v) is 7.60. The van der Waals surface area contributed by atoms with Gasteiger partial charge in [-0.15, -0.1) is 11.8 Å². The highest BCUT2D eigenvalue weighted by Gasteiger charge is 2.07. The van der Waals surface area contributed by atoms with Gasteiger partial charge >= 0.3 is 0 Å². The molecule has 0 aliphatic heterocycles. The minimum absolute atomic E-state index is 0.154. The van der Waals surface area contributed by atoms with Gasteiger partial charge in [-0.1, -0.05) is 6.07 Å². The zero-order valence-corrected chi connectivity index (χ0v) is 12.3. The highest BCUT2D eigenvalue weighted by atomic mass is 32.2. The number of amides is 1. The molecule has 0 atom stereocenters. The van der Waals surface area contributed by atoms with Crippen molar-refractivity contribution in [2.24, 2.45) is 0 Å². The summed E-state index contributed by atoms with van der Waals surface area (Å²) in [6, 6.07) is 11.3. The van der Waals surface area contributed by atoms with Gasteiger partial charge in [0.2, 0.25) is 0 Å². The van der Waals surface area contributed by atoms with E-state index in [1.54, 1.807) is 30.1 Å². The first-order chi connectivity index (χ1) is 9.72. The van der Waals surface area contributed by atoms with E-state index in [2.05, 4.69) is 15.6 Å². The zero-order chi connectivity index (χ0) is 14.4. The Kier molecular flexibility index (Phi) is 5.01. The van der Waals surface area contributed by atoms with Crippen LogP contribution in [0, 0.1) is 0 Å². The highest BCUT2D eigenvalue weighted by molar-refractivity contribution is 7.98. The Morgan fingerprint density at radius 2 is 2.15 bits per heavy atom. The summed E-state index contributed by atoms with van der Waals surface area (Å²) >= 11 is 1.64. The van der Waals surface area contributed by atoms with E-state index in [0.29, 0.717) is 5.56 Å². The van der Waals surface area contributed by atoms with E-state index in [1.807, 2.05) is 37.4 Å². The van der Waals surface area contributed by atoms with Gasteiger partial charge in [0, 0.05) is 23.3 Å². The number of carbonyl (C=O) groups is 1. The molecule has 0 fully saturated rings. The number of rotatable bonds is 5. The SMILES string of the molecule is CCNc1ccc(C(=O)Nc2cccc(SC)c2)cn1. The number of anilines is 2. The molecule has 1 amide bonds. The minimum Gasteiger partial charge on any atom is -0.370 e. The lowest BCUT2D eigenvalue weighted by Gasteiger charge is -2.07. The number of carbonyl (C=O) groups excluding carboxylic acids is 1. The van der Waals surface area contributed by atoms with Gasteiger partial charge < -0.3 is 10.6 Å². The summed E-state index contributed by atoms with van der Waals surface area (Å²) in [4.78, 5) is 17.4. The third-order valence-corrected chi connectivity index (χ3v) is 3.44. The number of nitrogens with zero attached hydrogens (tertiary/aromatic N) is 1. The fourth-order valence-electron chi connectivity index (χ4n) is 1.72. The van der Waals surface area contributed by atoms with E-state index < -0.39 is 0 Å². The van der Waals surface area contributed by atoms with Gasteiger partial charge in [0.15, 0.2) is 0 Å². The average Bonchev–Trinajstić information content (AvgIpc) is 2.48. The summed E-state index contributed by atoms with van der Waals surface area (Å²) in [6.07, 6.45) is 3.58. The lowest BCUT2D eigenvalue weighted by molar-refractivity contribution is 0.102. The van der Waals surface area contributed by atoms with Gasteiger partial charge in [0.1, 0.15) is 5.82 Å². The van der Waals surface area contributed by atoms with Crippen LogP contribution in [0.2, 0.25) is 0 Å². The van der Waals surface area contributed by atoms with E-state index >= 15 is 0 Å². The fraction of sp³-hybridized carbons (Fsp3) is 0.200. The van der Waals surface area contributed by atoms with Gasteiger partial charge in [-0.25, -0.2) is 4.98 Å². The average molecular weight is 287 g/mol. The van der Waals surface area contributed by atoms with Crippen LogP contribution in [-0.4, -0.2) is 23.7 Å². The topological polar surface area (TPSA) is 54.0 Å². The number of hydrogen-bond acceptors (Lipinski definition) is 4. The van der Waals surface area contributed by atoms with Crippen molar-refractivity contribution in [2.75, 3.05) is 23.4 Å². The molecule has 2 rings (SSSR count). The van der Waals surface area contributed by atoms with Crippen LogP contribution >= 0.6 is 11.8 Å². The van der Waals surface area contributed by atoms with E-state index in [1.165, 1.54) is 0 Å². The van der Waals surface area contributed by atoms with Crippen LogP contribution in [-0.2, 0) is 0 Å². The molecule has 1 aromatic heterocycles. The molecule has 0 saturated carbocycles. The lowest BCUT2D eigenvalue weighted by Crippen LogP contribution is -2.12. The molecule has 2 N–H and O–H groups in total. The lowest BCUT2D eigenvalue weighted by atomic mass is 10.2. The summed E-state index contributed by atoms with van der Waals surface area (Å²) in [6.45, 7) is 2.81. The van der Waals surface area contributed by atoms with Crippen LogP contribution in [0.1, 0.15) is 17.3 Å². The maximum atomic E-state index is 12.1. The van der Waals surface area contributed by atoms with Crippen LogP contribution in [0.15, 0.2) is 47.5 Å². The molecule has 0 aliphatic carbocycles. The second kappa shape index (κ2) is 6.96. The van der Waals surface area contributed by atoms with Crippen LogP contribution in [0.3, 0.4) is 0 Å². The van der Waals surface area contributed by atoms with Gasteiger partial charge in [-0.05, 0) is 43.5 Å². The summed E-state index contributed by atoms with van der Waals surface area (Å²) in [7, 11) is 0. The number of benzene rings is 1. The molecule has 1 aromatic carbocycles. The minimum atomic E-state index is -0.154. The third-order valence-electron chi connectivity index (χ3n) is 2.71. The molecular formula is C15H17N3OS. The molecule has 1 heterocycles. The van der Waals surface area contributed by atoms with Crippen LogP contribution in [0.4, 0.5) is 11.5 Å². The van der Waals surface area contributed by atoms with Gasteiger partial charge in [-0.2, -0.15) is 0 Å². The first kappa shape index (κ1) is 14.4. The molecule has 0 spiro atoms. The Balaban J connectivity index is 2.07. The van der Waals surface area contributed by atoms with E-state index in [0.717, 1.165) is 22.9 Å². The molecule has 5 heteroatoms. The molecule has 4 nitrogen and oxygen atoms in total. The van der Waals surface area contributed by atoms with E-state index in [9.17, 15) is 4.79 Å². The maximum absolute atomic E-state index is 12.1. The number of thioether (sulfide) groups is 1. The van der Waals surface area contributed by atoms with E-state index in [-0.39, 0.29) is 5.91 Å². The van der Waals surface area contributed by atoms with Crippen molar-refractivity contribution in [3.63, 3.8) is 0 Å². The summed E-state index contributed by atoms with van der Waals surface area (Å²) in [5, 5.41) is 5.96. The predicted molar refractivity (Wildman–Crippen MR) is 84.6 cm³/mol. The van der Waals surface area contributed by atoms with Crippen LogP contribution in [0.5, 0.6) is 0 Å². The van der Waals surface area contributed by atoms with Crippen molar-refractivity contribution in [1.82, 2.24) is 4.98 Å². The first-order valence-electron chi connectivity index (χ1n) is 6.38. The highest BCUT2D eigenvalue weighted by Crippen LogP contribution is 2.19. The van der Waals surface area contributed by atoms with Gasteiger partial charge in [0.25, 0.3) is 5.91 Å². The van der Waals surface area contributed by atoms with E-state index in [4.69, 9.17) is 0 Å². The van der Waals surface area contributed by atoms with Crippen molar-refractivity contribution in [3.05, 3.63) is 48.2 Å². The Bertz CT molecular complexity index is 584. The standard InChI is InChI=1S/C15H17N3OS/c1-3-16-14-8-7-11(10-17-14)15(19)18-12-5-4-6-13(9-12)20-2/h4-10H,3H2,1-2H3,(H,16,17)(H,18,19). The van der Waals surface area contributed by atoms with Gasteiger partial charge in [-0.3, -0.25) is 4.79 Å². The largest absolute Gasteiger partial charge is 0.370 e. The zero-order valence-electron chi connectivity index (χ0n) is 11.5. The second-order valence-electron chi connectivity index (χ2n) is 4.15. The normalized spacial score (nSPS) is 10.1. The maximum Gasteiger partial charge on any atom is 0.257 e. The summed E-state index contributed by atoms with van der Waals surface area (Å²) in [5.41, 5.74) is 1.33. The molecule has 0 aliphatic rings. The summed E-state index contributed by atoms with van der Waals surface area (Å²) < 4.78 is 0. The monoisotopic (exact) mass is 287 g/mol. The number of hydrogen-bond donors (Lipinski definition) is 2. The molecule has 0 bridgehead atoms.